The largest absolute Gasteiger partial charge is 0.496 e. The minimum Gasteiger partial charge on any atom is -0.496 e. The molecule has 1 aromatic rings. The third-order valence-corrected chi connectivity index (χ3v) is 3.84. The highest BCUT2D eigenvalue weighted by atomic mass is 16.5. The van der Waals surface area contributed by atoms with Crippen LogP contribution in [0, 0.1) is 6.92 Å². The zero-order valence-corrected chi connectivity index (χ0v) is 13.6. The molecule has 7 heteroatoms. The number of methoxy groups -OCH3 is 1. The first-order valence-corrected chi connectivity index (χ1v) is 7.28. The van der Waals surface area contributed by atoms with Crippen molar-refractivity contribution in [2.45, 2.75) is 26.3 Å². The first kappa shape index (κ1) is 16.8. The van der Waals surface area contributed by atoms with Crippen molar-refractivity contribution < 1.29 is 23.9 Å². The van der Waals surface area contributed by atoms with Crippen LogP contribution in [0.2, 0.25) is 0 Å². The molecule has 0 radical (unpaired) electrons. The number of imide groups is 1. The molecular weight excluding hydrogens is 300 g/mol. The second-order valence-corrected chi connectivity index (χ2v) is 5.44. The van der Waals surface area contributed by atoms with Crippen molar-refractivity contribution in [2.75, 3.05) is 20.3 Å². The van der Waals surface area contributed by atoms with Crippen LogP contribution in [0.1, 0.15) is 25.0 Å². The van der Waals surface area contributed by atoms with Gasteiger partial charge in [-0.25, -0.2) is 4.79 Å². The van der Waals surface area contributed by atoms with Crippen LogP contribution in [0.3, 0.4) is 0 Å². The number of ether oxygens (including phenoxy) is 2. The monoisotopic (exact) mass is 320 g/mol. The molecule has 1 heterocycles. The Balaban J connectivity index is 2.29. The molecule has 1 saturated heterocycles. The normalized spacial score (nSPS) is 20.4. The SMILES string of the molecule is CCOC(=O)CN1C(=O)N[C@](C)(c2ccc(OC)c(C)c2)C1=O. The topological polar surface area (TPSA) is 84.9 Å². The van der Waals surface area contributed by atoms with Gasteiger partial charge in [-0.3, -0.25) is 14.5 Å². The molecule has 1 fully saturated rings. The molecule has 2 rings (SSSR count). The molecule has 0 saturated carbocycles. The molecule has 7 nitrogen and oxygen atoms in total. The van der Waals surface area contributed by atoms with Gasteiger partial charge in [-0.05, 0) is 44.0 Å². The number of hydrogen-bond acceptors (Lipinski definition) is 5. The summed E-state index contributed by atoms with van der Waals surface area (Å²) < 4.78 is 9.99. The summed E-state index contributed by atoms with van der Waals surface area (Å²) in [5.74, 6) is -0.413. The Morgan fingerprint density at radius 1 is 1.35 bits per heavy atom. The average Bonchev–Trinajstić information content (AvgIpc) is 2.72. The van der Waals surface area contributed by atoms with Gasteiger partial charge in [0.25, 0.3) is 5.91 Å². The van der Waals surface area contributed by atoms with E-state index in [1.165, 1.54) is 0 Å². The predicted octanol–water partition coefficient (Wildman–Crippen LogP) is 1.33. The number of rotatable bonds is 5. The Morgan fingerprint density at radius 3 is 2.61 bits per heavy atom. The maximum Gasteiger partial charge on any atom is 0.326 e. The quantitative estimate of drug-likeness (QED) is 0.653. The second-order valence-electron chi connectivity index (χ2n) is 5.44. The van der Waals surface area contributed by atoms with E-state index in [4.69, 9.17) is 9.47 Å². The van der Waals surface area contributed by atoms with Gasteiger partial charge in [-0.2, -0.15) is 0 Å². The second kappa shape index (κ2) is 6.28. The van der Waals surface area contributed by atoms with Crippen LogP contribution in [0.5, 0.6) is 5.75 Å². The molecule has 23 heavy (non-hydrogen) atoms. The van der Waals surface area contributed by atoms with Gasteiger partial charge >= 0.3 is 12.0 Å². The van der Waals surface area contributed by atoms with Gasteiger partial charge in [0.05, 0.1) is 13.7 Å². The Morgan fingerprint density at radius 2 is 2.04 bits per heavy atom. The predicted molar refractivity (Wildman–Crippen MR) is 82.0 cm³/mol. The lowest BCUT2D eigenvalue weighted by molar-refractivity contribution is -0.147. The highest BCUT2D eigenvalue weighted by Crippen LogP contribution is 2.31. The van der Waals surface area contributed by atoms with Crippen molar-refractivity contribution in [3.8, 4) is 5.75 Å². The van der Waals surface area contributed by atoms with Gasteiger partial charge in [-0.15, -0.1) is 0 Å². The summed E-state index contributed by atoms with van der Waals surface area (Å²) in [4.78, 5) is 37.2. The maximum atomic E-state index is 12.6. The highest BCUT2D eigenvalue weighted by molar-refractivity contribution is 6.08. The standard InChI is InChI=1S/C16H20N2O5/c1-5-23-13(19)9-18-14(20)16(3,17-15(18)21)11-6-7-12(22-4)10(2)8-11/h6-8H,5,9H2,1-4H3,(H,17,21)/t16-/m1/s1. The van der Waals surface area contributed by atoms with Crippen molar-refractivity contribution in [3.63, 3.8) is 0 Å². The number of hydrogen-bond donors (Lipinski definition) is 1. The molecule has 0 spiro atoms. The summed E-state index contributed by atoms with van der Waals surface area (Å²) in [6.45, 7) is 4.91. The molecule has 0 aliphatic carbocycles. The summed E-state index contributed by atoms with van der Waals surface area (Å²) in [7, 11) is 1.56. The number of amides is 3. The van der Waals surface area contributed by atoms with Gasteiger partial charge in [0.1, 0.15) is 17.8 Å². The van der Waals surface area contributed by atoms with Crippen LogP contribution in [-0.4, -0.2) is 43.1 Å². The van der Waals surface area contributed by atoms with Crippen LogP contribution >= 0.6 is 0 Å². The van der Waals surface area contributed by atoms with Crippen LogP contribution in [-0.2, 0) is 19.9 Å². The van der Waals surface area contributed by atoms with Gasteiger partial charge < -0.3 is 14.8 Å². The summed E-state index contributed by atoms with van der Waals surface area (Å²) in [5, 5.41) is 2.65. The molecule has 1 N–H and O–H groups in total. The fourth-order valence-corrected chi connectivity index (χ4v) is 2.56. The van der Waals surface area contributed by atoms with Gasteiger partial charge in [0.2, 0.25) is 0 Å². The van der Waals surface area contributed by atoms with Crippen LogP contribution < -0.4 is 10.1 Å². The van der Waals surface area contributed by atoms with Gasteiger partial charge in [0, 0.05) is 0 Å². The fourth-order valence-electron chi connectivity index (χ4n) is 2.56. The maximum absolute atomic E-state index is 12.6. The van der Waals surface area contributed by atoms with E-state index in [-0.39, 0.29) is 6.61 Å². The Labute approximate surface area is 134 Å². The highest BCUT2D eigenvalue weighted by Gasteiger charge is 2.49. The van der Waals surface area contributed by atoms with Gasteiger partial charge in [-0.1, -0.05) is 6.07 Å². The molecule has 1 aliphatic heterocycles. The van der Waals surface area contributed by atoms with Crippen molar-refractivity contribution in [3.05, 3.63) is 29.3 Å². The Kier molecular flexibility index (Phi) is 4.58. The summed E-state index contributed by atoms with van der Waals surface area (Å²) in [6, 6.07) is 4.63. The molecule has 3 amide bonds. The number of aryl methyl sites for hydroxylation is 1. The zero-order valence-electron chi connectivity index (χ0n) is 13.6. The minimum atomic E-state index is -1.22. The van der Waals surface area contributed by atoms with E-state index in [0.717, 1.165) is 10.5 Å². The van der Waals surface area contributed by atoms with E-state index >= 15 is 0 Å². The molecule has 0 unspecified atom stereocenters. The number of nitrogens with one attached hydrogen (secondary N) is 1. The summed E-state index contributed by atoms with van der Waals surface area (Å²) in [6.07, 6.45) is 0. The molecule has 124 valence electrons. The number of benzene rings is 1. The average molecular weight is 320 g/mol. The molecule has 0 bridgehead atoms. The minimum absolute atomic E-state index is 0.192. The van der Waals surface area contributed by atoms with Crippen molar-refractivity contribution in [2.24, 2.45) is 0 Å². The Hall–Kier alpha value is -2.57. The Bertz CT molecular complexity index is 658. The summed E-state index contributed by atoms with van der Waals surface area (Å²) in [5.41, 5.74) is 0.248. The zero-order chi connectivity index (χ0) is 17.2. The number of carbonyl (C=O) groups excluding carboxylic acids is 3. The molecule has 1 aromatic carbocycles. The van der Waals surface area contributed by atoms with E-state index in [1.807, 2.05) is 6.92 Å². The lowest BCUT2D eigenvalue weighted by Crippen LogP contribution is -2.41. The molecular formula is C16H20N2O5. The van der Waals surface area contributed by atoms with Crippen molar-refractivity contribution >= 4 is 17.9 Å². The van der Waals surface area contributed by atoms with E-state index < -0.39 is 30.0 Å². The van der Waals surface area contributed by atoms with E-state index in [2.05, 4.69) is 5.32 Å². The molecule has 1 aliphatic rings. The van der Waals surface area contributed by atoms with Gasteiger partial charge in [0.15, 0.2) is 0 Å². The first-order valence-electron chi connectivity index (χ1n) is 7.28. The number of esters is 1. The molecule has 1 atom stereocenters. The van der Waals surface area contributed by atoms with Crippen LogP contribution in [0.25, 0.3) is 0 Å². The number of urea groups is 1. The van der Waals surface area contributed by atoms with Crippen molar-refractivity contribution in [1.29, 1.82) is 0 Å². The third kappa shape index (κ3) is 2.99. The lowest BCUT2D eigenvalue weighted by Gasteiger charge is -2.23. The van der Waals surface area contributed by atoms with Crippen molar-refractivity contribution in [1.82, 2.24) is 10.2 Å². The number of nitrogens with zero attached hydrogens (tertiary/aromatic N) is 1. The van der Waals surface area contributed by atoms with E-state index in [9.17, 15) is 14.4 Å². The smallest absolute Gasteiger partial charge is 0.326 e. The lowest BCUT2D eigenvalue weighted by atomic mass is 9.90. The van der Waals surface area contributed by atoms with E-state index in [1.54, 1.807) is 39.2 Å². The summed E-state index contributed by atoms with van der Waals surface area (Å²) >= 11 is 0. The van der Waals surface area contributed by atoms with Crippen LogP contribution in [0.4, 0.5) is 4.79 Å². The van der Waals surface area contributed by atoms with E-state index in [0.29, 0.717) is 11.3 Å². The fraction of sp³-hybridized carbons (Fsp3) is 0.438. The third-order valence-electron chi connectivity index (χ3n) is 3.84. The number of carbonyl (C=O) groups is 3. The first-order chi connectivity index (χ1) is 10.8. The van der Waals surface area contributed by atoms with Crippen LogP contribution in [0.15, 0.2) is 18.2 Å². The molecule has 0 aromatic heterocycles.